The van der Waals surface area contributed by atoms with E-state index < -0.39 is 10.0 Å². The van der Waals surface area contributed by atoms with Gasteiger partial charge in [0.25, 0.3) is 0 Å². The lowest BCUT2D eigenvalue weighted by Crippen LogP contribution is -2.34. The second-order valence-corrected chi connectivity index (χ2v) is 9.60. The molecule has 26 heavy (non-hydrogen) atoms. The molecule has 4 rings (SSSR count). The smallest absolute Gasteiger partial charge is 0.248 e. The van der Waals surface area contributed by atoms with E-state index >= 15 is 0 Å². The monoisotopic (exact) mass is 379 g/mol. The first kappa shape index (κ1) is 17.7. The Labute approximate surface area is 153 Å². The van der Waals surface area contributed by atoms with Crippen LogP contribution < -0.4 is 0 Å². The summed E-state index contributed by atoms with van der Waals surface area (Å²) >= 11 is 0. The van der Waals surface area contributed by atoms with Crippen molar-refractivity contribution in [1.82, 2.24) is 24.2 Å². The highest BCUT2D eigenvalue weighted by atomic mass is 32.2. The van der Waals surface area contributed by atoms with E-state index in [1.807, 2.05) is 11.6 Å². The zero-order valence-electron chi connectivity index (χ0n) is 15.5. The molecule has 1 spiro atoms. The Morgan fingerprint density at radius 2 is 1.96 bits per heavy atom. The first-order chi connectivity index (χ1) is 12.3. The summed E-state index contributed by atoms with van der Waals surface area (Å²) in [4.78, 5) is 0.210. The third-order valence-electron chi connectivity index (χ3n) is 6.09. The first-order valence-corrected chi connectivity index (χ1v) is 10.6. The molecule has 0 bridgehead atoms. The number of hydrogen-bond donors (Lipinski definition) is 0. The molecule has 0 radical (unpaired) electrons. The molecule has 0 amide bonds. The molecule has 1 aliphatic heterocycles. The van der Waals surface area contributed by atoms with E-state index in [1.54, 1.807) is 24.5 Å². The summed E-state index contributed by atoms with van der Waals surface area (Å²) in [5.74, 6) is 1.29. The lowest BCUT2D eigenvalue weighted by Gasteiger charge is -2.37. The normalized spacial score (nSPS) is 23.7. The lowest BCUT2D eigenvalue weighted by atomic mass is 9.67. The Morgan fingerprint density at radius 1 is 1.23 bits per heavy atom. The van der Waals surface area contributed by atoms with Crippen LogP contribution in [0, 0.1) is 19.3 Å². The van der Waals surface area contributed by atoms with Crippen LogP contribution in [0.5, 0.6) is 0 Å². The van der Waals surface area contributed by atoms with E-state index in [-0.39, 0.29) is 16.2 Å². The summed E-state index contributed by atoms with van der Waals surface area (Å²) in [6.07, 6.45) is 7.22. The van der Waals surface area contributed by atoms with E-state index in [2.05, 4.69) is 15.4 Å². The van der Waals surface area contributed by atoms with Gasteiger partial charge in [-0.1, -0.05) is 24.4 Å². The van der Waals surface area contributed by atoms with Gasteiger partial charge in [-0.25, -0.2) is 8.42 Å². The topological polar surface area (TPSA) is 94.1 Å². The zero-order chi connectivity index (χ0) is 18.5. The molecule has 0 aromatic carbocycles. The van der Waals surface area contributed by atoms with Crippen molar-refractivity contribution >= 4 is 10.0 Å². The molecule has 3 heterocycles. The molecule has 1 atom stereocenters. The molecule has 1 unspecified atom stereocenters. The number of sulfonamides is 1. The predicted molar refractivity (Wildman–Crippen MR) is 94.0 cm³/mol. The standard InChI is InChI=1S/C17H25N5O3S/c1-12-15(13(2)25-20-12)26(23,24)22-9-14(16-19-18-11-21(16)3)17(10-22)7-5-4-6-8-17/h11,14H,4-10H2,1-3H3. The van der Waals surface area contributed by atoms with E-state index in [1.165, 1.54) is 6.42 Å². The van der Waals surface area contributed by atoms with Gasteiger partial charge < -0.3 is 9.09 Å². The molecule has 1 saturated heterocycles. The van der Waals surface area contributed by atoms with Gasteiger partial charge in [-0.05, 0) is 32.1 Å². The molecule has 8 nitrogen and oxygen atoms in total. The third-order valence-corrected chi connectivity index (χ3v) is 8.15. The number of rotatable bonds is 3. The molecule has 2 fully saturated rings. The third kappa shape index (κ3) is 2.60. The highest BCUT2D eigenvalue weighted by Gasteiger charge is 2.52. The number of hydrogen-bond acceptors (Lipinski definition) is 6. The molecule has 0 N–H and O–H groups in total. The van der Waals surface area contributed by atoms with Crippen molar-refractivity contribution < 1.29 is 12.9 Å². The summed E-state index contributed by atoms with van der Waals surface area (Å²) in [5.41, 5.74) is 0.354. The molecule has 9 heteroatoms. The Balaban J connectivity index is 1.75. The number of nitrogens with zero attached hydrogens (tertiary/aromatic N) is 5. The maximum atomic E-state index is 13.3. The van der Waals surface area contributed by atoms with Crippen LogP contribution in [0.3, 0.4) is 0 Å². The predicted octanol–water partition coefficient (Wildman–Crippen LogP) is 2.16. The van der Waals surface area contributed by atoms with Crippen molar-refractivity contribution in [2.45, 2.75) is 56.8 Å². The lowest BCUT2D eigenvalue weighted by molar-refractivity contribution is 0.177. The first-order valence-electron chi connectivity index (χ1n) is 9.12. The molecule has 2 aromatic rings. The molecule has 1 aliphatic carbocycles. The van der Waals surface area contributed by atoms with Crippen molar-refractivity contribution in [3.8, 4) is 0 Å². The SMILES string of the molecule is Cc1noc(C)c1S(=O)(=O)N1CC(c2nncn2C)C2(CCCCC2)C1. The van der Waals surface area contributed by atoms with Crippen LogP contribution in [-0.4, -0.2) is 45.7 Å². The summed E-state index contributed by atoms with van der Waals surface area (Å²) in [6, 6.07) is 0. The highest BCUT2D eigenvalue weighted by Crippen LogP contribution is 2.52. The molecule has 2 aromatic heterocycles. The maximum absolute atomic E-state index is 13.3. The fourth-order valence-corrected chi connectivity index (χ4v) is 6.65. The van der Waals surface area contributed by atoms with Crippen LogP contribution in [0.2, 0.25) is 0 Å². The second-order valence-electron chi connectivity index (χ2n) is 7.73. The van der Waals surface area contributed by atoms with Crippen molar-refractivity contribution in [2.24, 2.45) is 12.5 Å². The Morgan fingerprint density at radius 3 is 2.54 bits per heavy atom. The van der Waals surface area contributed by atoms with Gasteiger partial charge in [0, 0.05) is 26.1 Å². The van der Waals surface area contributed by atoms with Crippen LogP contribution in [0.4, 0.5) is 0 Å². The summed E-state index contributed by atoms with van der Waals surface area (Å²) < 4.78 is 35.3. The van der Waals surface area contributed by atoms with E-state index in [9.17, 15) is 8.42 Å². The van der Waals surface area contributed by atoms with E-state index in [0.29, 0.717) is 24.5 Å². The average molecular weight is 379 g/mol. The van der Waals surface area contributed by atoms with Gasteiger partial charge in [-0.2, -0.15) is 4.31 Å². The number of aromatic nitrogens is 4. The molecule has 1 saturated carbocycles. The fourth-order valence-electron chi connectivity index (χ4n) is 4.80. The minimum absolute atomic E-state index is 0.0607. The Bertz CT molecular complexity index is 891. The molecule has 2 aliphatic rings. The molecular formula is C17H25N5O3S. The quantitative estimate of drug-likeness (QED) is 0.811. The summed E-state index contributed by atoms with van der Waals surface area (Å²) in [7, 11) is -1.72. The van der Waals surface area contributed by atoms with E-state index in [4.69, 9.17) is 4.52 Å². The summed E-state index contributed by atoms with van der Waals surface area (Å²) in [6.45, 7) is 4.28. The van der Waals surface area contributed by atoms with Crippen LogP contribution in [0.1, 0.15) is 55.3 Å². The van der Waals surface area contributed by atoms with Gasteiger partial charge in [-0.15, -0.1) is 10.2 Å². The van der Waals surface area contributed by atoms with Gasteiger partial charge in [-0.3, -0.25) is 0 Å². The maximum Gasteiger partial charge on any atom is 0.248 e. The van der Waals surface area contributed by atoms with Gasteiger partial charge >= 0.3 is 0 Å². The van der Waals surface area contributed by atoms with Crippen LogP contribution in [-0.2, 0) is 17.1 Å². The van der Waals surface area contributed by atoms with Crippen molar-refractivity contribution in [1.29, 1.82) is 0 Å². The van der Waals surface area contributed by atoms with E-state index in [0.717, 1.165) is 31.5 Å². The van der Waals surface area contributed by atoms with Crippen LogP contribution in [0.25, 0.3) is 0 Å². The van der Waals surface area contributed by atoms with Crippen LogP contribution in [0.15, 0.2) is 15.7 Å². The van der Waals surface area contributed by atoms with Crippen molar-refractivity contribution in [3.05, 3.63) is 23.6 Å². The minimum Gasteiger partial charge on any atom is -0.360 e. The summed E-state index contributed by atoms with van der Waals surface area (Å²) in [5, 5.41) is 12.2. The second kappa shape index (κ2) is 6.16. The largest absolute Gasteiger partial charge is 0.360 e. The number of aryl methyl sites for hydroxylation is 3. The molecular weight excluding hydrogens is 354 g/mol. The van der Waals surface area contributed by atoms with Gasteiger partial charge in [0.05, 0.1) is 0 Å². The van der Waals surface area contributed by atoms with Crippen molar-refractivity contribution in [3.63, 3.8) is 0 Å². The minimum atomic E-state index is -3.65. The van der Waals surface area contributed by atoms with Crippen LogP contribution >= 0.6 is 0 Å². The van der Waals surface area contributed by atoms with Crippen molar-refractivity contribution in [2.75, 3.05) is 13.1 Å². The Hall–Kier alpha value is -1.74. The molecule has 142 valence electrons. The van der Waals surface area contributed by atoms with Gasteiger partial charge in [0.2, 0.25) is 10.0 Å². The zero-order valence-corrected chi connectivity index (χ0v) is 16.3. The van der Waals surface area contributed by atoms with Gasteiger partial charge in [0.15, 0.2) is 5.76 Å². The van der Waals surface area contributed by atoms with Gasteiger partial charge in [0.1, 0.15) is 22.7 Å². The highest BCUT2D eigenvalue weighted by molar-refractivity contribution is 7.89. The fraction of sp³-hybridized carbons (Fsp3) is 0.706. The average Bonchev–Trinajstić information content (AvgIpc) is 3.27. The Kier molecular flexibility index (Phi) is 4.18.